The number of rotatable bonds is 0. The third kappa shape index (κ3) is 6.90. The average Bonchev–Trinajstić information content (AvgIpc) is 2.31. The molecular formula is C15H25NO. The maximum absolute atomic E-state index is 9.44. The maximum atomic E-state index is 9.44. The number of Topliss-reactive ketones (excluding diaryl/α,β-unsaturated/α-hetero) is 1. The van der Waals surface area contributed by atoms with Gasteiger partial charge in [-0.1, -0.05) is 38.1 Å². The summed E-state index contributed by atoms with van der Waals surface area (Å²) in [5.74, 6) is 0.167. The van der Waals surface area contributed by atoms with Gasteiger partial charge in [-0.15, -0.1) is 0 Å². The van der Waals surface area contributed by atoms with Crippen LogP contribution in [0.25, 0.3) is 0 Å². The van der Waals surface area contributed by atoms with Gasteiger partial charge in [0.2, 0.25) is 0 Å². The highest BCUT2D eigenvalue weighted by molar-refractivity contribution is 5.72. The molecule has 0 atom stereocenters. The Balaban J connectivity index is 0.000000368. The highest BCUT2D eigenvalue weighted by Gasteiger charge is 2.10. The van der Waals surface area contributed by atoms with Crippen LogP contribution >= 0.6 is 0 Å². The molecule has 2 heteroatoms. The van der Waals surface area contributed by atoms with Gasteiger partial charge in [0.15, 0.2) is 0 Å². The summed E-state index contributed by atoms with van der Waals surface area (Å²) in [6.07, 6.45) is 1.21. The topological polar surface area (TPSA) is 20.3 Å². The number of hydrogen-bond acceptors (Lipinski definition) is 2. The fraction of sp³-hybridized carbons (Fsp3) is 0.533. The summed E-state index contributed by atoms with van der Waals surface area (Å²) in [5.41, 5.74) is 3.03. The summed E-state index contributed by atoms with van der Waals surface area (Å²) in [6.45, 7) is 9.38. The predicted octanol–water partition coefficient (Wildman–Crippen LogP) is 3.30. The third-order valence-electron chi connectivity index (χ3n) is 2.32. The highest BCUT2D eigenvalue weighted by atomic mass is 16.1. The molecule has 1 aromatic rings. The Morgan fingerprint density at radius 2 is 1.59 bits per heavy atom. The SMILES string of the molecule is CC.CC(C)=O.CN1CCc2ccccc2C1. The van der Waals surface area contributed by atoms with Gasteiger partial charge in [0.05, 0.1) is 0 Å². The summed E-state index contributed by atoms with van der Waals surface area (Å²) in [5, 5.41) is 0. The van der Waals surface area contributed by atoms with Crippen LogP contribution in [0.2, 0.25) is 0 Å². The number of likely N-dealkylation sites (N-methyl/N-ethyl adjacent to an activating group) is 1. The Morgan fingerprint density at radius 1 is 1.12 bits per heavy atom. The first-order valence-corrected chi connectivity index (χ1v) is 6.32. The largest absolute Gasteiger partial charge is 0.302 e. The number of carbonyl (C=O) groups is 1. The standard InChI is InChI=1S/C10H13N.C3H6O.C2H6/c1-11-7-6-9-4-2-3-5-10(9)8-11;1-3(2)4;1-2/h2-5H,6-8H2,1H3;1-2H3;1-2H3. The highest BCUT2D eigenvalue weighted by Crippen LogP contribution is 2.16. The molecule has 0 radical (unpaired) electrons. The smallest absolute Gasteiger partial charge is 0.126 e. The van der Waals surface area contributed by atoms with E-state index in [1.165, 1.54) is 37.9 Å². The molecule has 0 aromatic heterocycles. The second-order valence-corrected chi connectivity index (χ2v) is 4.16. The predicted molar refractivity (Wildman–Crippen MR) is 74.2 cm³/mol. The van der Waals surface area contributed by atoms with Crippen molar-refractivity contribution in [3.8, 4) is 0 Å². The van der Waals surface area contributed by atoms with Crippen molar-refractivity contribution in [2.75, 3.05) is 13.6 Å². The van der Waals surface area contributed by atoms with Gasteiger partial charge in [-0.3, -0.25) is 0 Å². The lowest BCUT2D eigenvalue weighted by molar-refractivity contribution is -0.114. The van der Waals surface area contributed by atoms with E-state index in [1.807, 2.05) is 13.8 Å². The molecule has 1 heterocycles. The van der Waals surface area contributed by atoms with Crippen LogP contribution < -0.4 is 0 Å². The lowest BCUT2D eigenvalue weighted by atomic mass is 10.0. The van der Waals surface area contributed by atoms with E-state index in [4.69, 9.17) is 0 Å². The molecule has 17 heavy (non-hydrogen) atoms. The fourth-order valence-electron chi connectivity index (χ4n) is 1.64. The molecule has 0 N–H and O–H groups in total. The van der Waals surface area contributed by atoms with Crippen molar-refractivity contribution in [3.63, 3.8) is 0 Å². The Morgan fingerprint density at radius 3 is 2.12 bits per heavy atom. The molecule has 1 aliphatic rings. The van der Waals surface area contributed by atoms with Gasteiger partial charge < -0.3 is 9.69 Å². The van der Waals surface area contributed by atoms with E-state index in [-0.39, 0.29) is 5.78 Å². The number of ketones is 1. The van der Waals surface area contributed by atoms with Gasteiger partial charge in [0.25, 0.3) is 0 Å². The van der Waals surface area contributed by atoms with Crippen molar-refractivity contribution >= 4 is 5.78 Å². The molecule has 0 aliphatic carbocycles. The minimum Gasteiger partial charge on any atom is -0.302 e. The zero-order chi connectivity index (χ0) is 13.3. The summed E-state index contributed by atoms with van der Waals surface area (Å²) < 4.78 is 0. The number of benzene rings is 1. The zero-order valence-corrected chi connectivity index (χ0v) is 11.8. The van der Waals surface area contributed by atoms with Crippen LogP contribution in [-0.4, -0.2) is 24.3 Å². The van der Waals surface area contributed by atoms with Crippen LogP contribution in [0.5, 0.6) is 0 Å². The van der Waals surface area contributed by atoms with Gasteiger partial charge in [-0.25, -0.2) is 0 Å². The second kappa shape index (κ2) is 8.94. The third-order valence-corrected chi connectivity index (χ3v) is 2.32. The van der Waals surface area contributed by atoms with Crippen LogP contribution in [0.3, 0.4) is 0 Å². The first-order valence-electron chi connectivity index (χ1n) is 6.32. The van der Waals surface area contributed by atoms with Gasteiger partial charge >= 0.3 is 0 Å². The molecule has 2 nitrogen and oxygen atoms in total. The first-order chi connectivity index (χ1) is 8.09. The van der Waals surface area contributed by atoms with Crippen molar-refractivity contribution in [2.24, 2.45) is 0 Å². The summed E-state index contributed by atoms with van der Waals surface area (Å²) in [4.78, 5) is 11.8. The van der Waals surface area contributed by atoms with Crippen LogP contribution in [0.4, 0.5) is 0 Å². The Kier molecular flexibility index (Phi) is 8.34. The molecule has 0 fully saturated rings. The van der Waals surface area contributed by atoms with Gasteiger partial charge in [0, 0.05) is 13.1 Å². The number of carbonyl (C=O) groups excluding carboxylic acids is 1. The van der Waals surface area contributed by atoms with E-state index < -0.39 is 0 Å². The lowest BCUT2D eigenvalue weighted by Gasteiger charge is -2.24. The van der Waals surface area contributed by atoms with Crippen LogP contribution in [-0.2, 0) is 17.8 Å². The molecule has 0 bridgehead atoms. The van der Waals surface area contributed by atoms with Crippen LogP contribution in [0.1, 0.15) is 38.8 Å². The van der Waals surface area contributed by atoms with E-state index in [0.29, 0.717) is 0 Å². The van der Waals surface area contributed by atoms with Crippen LogP contribution in [0.15, 0.2) is 24.3 Å². The zero-order valence-electron chi connectivity index (χ0n) is 11.8. The van der Waals surface area contributed by atoms with Crippen LogP contribution in [0, 0.1) is 0 Å². The van der Waals surface area contributed by atoms with E-state index in [2.05, 4.69) is 36.2 Å². The molecule has 1 aliphatic heterocycles. The number of fused-ring (bicyclic) bond motifs is 1. The monoisotopic (exact) mass is 235 g/mol. The molecule has 2 rings (SSSR count). The lowest BCUT2D eigenvalue weighted by Crippen LogP contribution is -2.26. The minimum atomic E-state index is 0.167. The molecule has 0 saturated carbocycles. The van der Waals surface area contributed by atoms with Crippen molar-refractivity contribution < 1.29 is 4.79 Å². The molecule has 0 unspecified atom stereocenters. The van der Waals surface area contributed by atoms with E-state index in [1.54, 1.807) is 0 Å². The summed E-state index contributed by atoms with van der Waals surface area (Å²) >= 11 is 0. The molecular weight excluding hydrogens is 210 g/mol. The van der Waals surface area contributed by atoms with Crippen molar-refractivity contribution in [3.05, 3.63) is 35.4 Å². The minimum absolute atomic E-state index is 0.167. The average molecular weight is 235 g/mol. The first kappa shape index (κ1) is 15.9. The Labute approximate surface area is 106 Å². The number of nitrogens with zero attached hydrogens (tertiary/aromatic N) is 1. The molecule has 0 amide bonds. The van der Waals surface area contributed by atoms with Gasteiger partial charge in [0.1, 0.15) is 5.78 Å². The fourth-order valence-corrected chi connectivity index (χ4v) is 1.64. The van der Waals surface area contributed by atoms with E-state index in [0.717, 1.165) is 6.54 Å². The second-order valence-electron chi connectivity index (χ2n) is 4.16. The number of hydrogen-bond donors (Lipinski definition) is 0. The molecule has 0 saturated heterocycles. The quantitative estimate of drug-likeness (QED) is 0.687. The van der Waals surface area contributed by atoms with Gasteiger partial charge in [-0.05, 0) is 38.4 Å². The maximum Gasteiger partial charge on any atom is 0.126 e. The van der Waals surface area contributed by atoms with Gasteiger partial charge in [-0.2, -0.15) is 0 Å². The summed E-state index contributed by atoms with van der Waals surface area (Å²) in [7, 11) is 2.18. The van der Waals surface area contributed by atoms with Crippen molar-refractivity contribution in [1.29, 1.82) is 0 Å². The molecule has 96 valence electrons. The normalized spacial score (nSPS) is 13.5. The van der Waals surface area contributed by atoms with E-state index >= 15 is 0 Å². The van der Waals surface area contributed by atoms with Crippen molar-refractivity contribution in [2.45, 2.75) is 40.7 Å². The Hall–Kier alpha value is -1.15. The summed E-state index contributed by atoms with van der Waals surface area (Å²) in [6, 6.07) is 8.72. The molecule has 1 aromatic carbocycles. The van der Waals surface area contributed by atoms with Crippen molar-refractivity contribution in [1.82, 2.24) is 4.90 Å². The Bertz CT molecular complexity index is 329. The molecule has 0 spiro atoms. The van der Waals surface area contributed by atoms with E-state index in [9.17, 15) is 4.79 Å².